The molecule has 0 aliphatic carbocycles. The number of carboxylic acids is 1. The number of hydrogen-bond donors (Lipinski definition) is 1. The van der Waals surface area contributed by atoms with E-state index in [0.29, 0.717) is 6.61 Å². The van der Waals surface area contributed by atoms with Gasteiger partial charge in [-0.15, -0.1) is 24.8 Å². The maximum atomic E-state index is 11.0. The summed E-state index contributed by atoms with van der Waals surface area (Å²) in [6.07, 6.45) is 8.01. The number of aromatic nitrogens is 1. The van der Waals surface area contributed by atoms with Crippen molar-refractivity contribution in [3.05, 3.63) is 74.2 Å². The first-order chi connectivity index (χ1) is 15.8. The van der Waals surface area contributed by atoms with E-state index < -0.39 is 5.97 Å². The predicted octanol–water partition coefficient (Wildman–Crippen LogP) is 8.55. The van der Waals surface area contributed by atoms with Crippen molar-refractivity contribution in [3.63, 3.8) is 0 Å². The quantitative estimate of drug-likeness (QED) is 0.154. The zero-order valence-electron chi connectivity index (χ0n) is 18.3. The summed E-state index contributed by atoms with van der Waals surface area (Å²) in [6.45, 7) is 0.681. The molecule has 11 heteroatoms. The van der Waals surface area contributed by atoms with E-state index >= 15 is 0 Å². The molecule has 0 atom stereocenters. The van der Waals surface area contributed by atoms with Gasteiger partial charge < -0.3 is 14.6 Å². The molecule has 1 N–H and O–H groups in total. The molecule has 0 fully saturated rings. The third kappa shape index (κ3) is 10.8. The third-order valence-electron chi connectivity index (χ3n) is 4.68. The number of carbonyl (C=O) groups is 1. The molecule has 190 valence electrons. The average molecular weight is 968 g/mol. The van der Waals surface area contributed by atoms with Gasteiger partial charge in [0.15, 0.2) is 5.75 Å². The Kier molecular flexibility index (Phi) is 16.0. The Bertz CT molecular complexity index is 1070. The van der Waals surface area contributed by atoms with Crippen LogP contribution in [-0.4, -0.2) is 22.7 Å². The van der Waals surface area contributed by atoms with Gasteiger partial charge in [0.25, 0.3) is 0 Å². The van der Waals surface area contributed by atoms with E-state index in [1.165, 1.54) is 5.56 Å². The summed E-state index contributed by atoms with van der Waals surface area (Å²) in [4.78, 5) is 15.2. The van der Waals surface area contributed by atoms with Gasteiger partial charge >= 0.3 is 5.97 Å². The molecule has 35 heavy (non-hydrogen) atoms. The SMILES string of the molecule is Cl.Cl.O=C(O)Cc1cc(I)c(Oc2cc(I)c(OCCCCCc3cccnc3)c(I)c2)c(I)c1. The first-order valence-corrected chi connectivity index (χ1v) is 14.5. The molecule has 0 saturated heterocycles. The van der Waals surface area contributed by atoms with E-state index in [4.69, 9.17) is 14.6 Å². The van der Waals surface area contributed by atoms with Gasteiger partial charge in [-0.1, -0.05) is 6.07 Å². The van der Waals surface area contributed by atoms with Gasteiger partial charge in [0.1, 0.15) is 11.5 Å². The summed E-state index contributed by atoms with van der Waals surface area (Å²) in [5.74, 6) is 1.51. The van der Waals surface area contributed by atoms with Crippen LogP contribution in [-0.2, 0) is 17.6 Å². The van der Waals surface area contributed by atoms with Crippen molar-refractivity contribution in [2.75, 3.05) is 6.61 Å². The molecule has 1 aromatic heterocycles. The molecule has 3 rings (SSSR count). The van der Waals surface area contributed by atoms with Gasteiger partial charge in [-0.3, -0.25) is 9.78 Å². The zero-order valence-corrected chi connectivity index (χ0v) is 28.6. The maximum Gasteiger partial charge on any atom is 0.307 e. The van der Waals surface area contributed by atoms with E-state index in [9.17, 15) is 4.79 Å². The number of nitrogens with zero attached hydrogens (tertiary/aromatic N) is 1. The fourth-order valence-corrected chi connectivity index (χ4v) is 7.31. The Morgan fingerprint density at radius 3 is 2.06 bits per heavy atom. The van der Waals surface area contributed by atoms with Gasteiger partial charge in [0, 0.05) is 12.4 Å². The maximum absolute atomic E-state index is 11.0. The fraction of sp³-hybridized carbons (Fsp3) is 0.250. The van der Waals surface area contributed by atoms with Crippen molar-refractivity contribution in [3.8, 4) is 17.2 Å². The molecule has 0 unspecified atom stereocenters. The minimum absolute atomic E-state index is 0. The summed E-state index contributed by atoms with van der Waals surface area (Å²) in [5, 5.41) is 9.04. The minimum atomic E-state index is -0.844. The number of ether oxygens (including phenoxy) is 2. The number of benzene rings is 2. The largest absolute Gasteiger partial charge is 0.491 e. The van der Waals surface area contributed by atoms with Crippen LogP contribution in [0.25, 0.3) is 0 Å². The number of pyridine rings is 1. The molecule has 1 heterocycles. The lowest BCUT2D eigenvalue weighted by Gasteiger charge is -2.15. The molecule has 3 aromatic rings. The van der Waals surface area contributed by atoms with Crippen molar-refractivity contribution in [2.24, 2.45) is 0 Å². The lowest BCUT2D eigenvalue weighted by molar-refractivity contribution is -0.136. The molecular formula is C24H23Cl2I4NO4. The Labute approximate surface area is 272 Å². The second kappa shape index (κ2) is 16.9. The van der Waals surface area contributed by atoms with E-state index in [-0.39, 0.29) is 31.2 Å². The van der Waals surface area contributed by atoms with Gasteiger partial charge in [0.05, 0.1) is 27.3 Å². The number of hydrogen-bond acceptors (Lipinski definition) is 4. The van der Waals surface area contributed by atoms with Crippen molar-refractivity contribution < 1.29 is 19.4 Å². The van der Waals surface area contributed by atoms with E-state index in [2.05, 4.69) is 101 Å². The topological polar surface area (TPSA) is 68.7 Å². The molecule has 0 bridgehead atoms. The summed E-state index contributed by atoms with van der Waals surface area (Å²) in [7, 11) is 0. The lowest BCUT2D eigenvalue weighted by atomic mass is 10.1. The molecular weight excluding hydrogens is 945 g/mol. The monoisotopic (exact) mass is 967 g/mol. The Morgan fingerprint density at radius 1 is 0.857 bits per heavy atom. The van der Waals surface area contributed by atoms with Crippen LogP contribution in [0.15, 0.2) is 48.8 Å². The highest BCUT2D eigenvalue weighted by molar-refractivity contribution is 14.1. The second-order valence-corrected chi connectivity index (χ2v) is 11.9. The van der Waals surface area contributed by atoms with E-state index in [1.54, 1.807) is 6.20 Å². The minimum Gasteiger partial charge on any atom is -0.491 e. The predicted molar refractivity (Wildman–Crippen MR) is 177 cm³/mol. The number of aryl methyl sites for hydroxylation is 1. The summed E-state index contributed by atoms with van der Waals surface area (Å²) in [5.41, 5.74) is 2.04. The van der Waals surface area contributed by atoms with Crippen LogP contribution in [0.1, 0.15) is 30.4 Å². The molecule has 0 spiro atoms. The highest BCUT2D eigenvalue weighted by atomic mass is 127. The first kappa shape index (κ1) is 33.2. The fourth-order valence-electron chi connectivity index (χ4n) is 3.17. The van der Waals surface area contributed by atoms with Gasteiger partial charge in [-0.05, 0) is 158 Å². The Hall–Kier alpha value is 0.160. The van der Waals surface area contributed by atoms with E-state index in [1.807, 2.05) is 36.5 Å². The highest BCUT2D eigenvalue weighted by Crippen LogP contribution is 2.37. The zero-order chi connectivity index (χ0) is 23.8. The van der Waals surface area contributed by atoms with Crippen molar-refractivity contribution in [1.82, 2.24) is 4.98 Å². The van der Waals surface area contributed by atoms with Gasteiger partial charge in [-0.2, -0.15) is 0 Å². The summed E-state index contributed by atoms with van der Waals surface area (Å²) in [6, 6.07) is 11.7. The number of aliphatic carboxylic acids is 1. The Morgan fingerprint density at radius 2 is 1.49 bits per heavy atom. The first-order valence-electron chi connectivity index (χ1n) is 10.2. The van der Waals surface area contributed by atoms with Crippen LogP contribution >= 0.6 is 115 Å². The third-order valence-corrected chi connectivity index (χ3v) is 7.89. The Balaban J connectivity index is 0.00000306. The van der Waals surface area contributed by atoms with Crippen LogP contribution in [0.2, 0.25) is 0 Å². The normalized spacial score (nSPS) is 10.2. The molecule has 0 amide bonds. The highest BCUT2D eigenvalue weighted by Gasteiger charge is 2.15. The number of carboxylic acid groups (broad SMARTS) is 1. The average Bonchev–Trinajstić information content (AvgIpc) is 2.75. The van der Waals surface area contributed by atoms with Crippen molar-refractivity contribution >= 4 is 121 Å². The van der Waals surface area contributed by atoms with Crippen LogP contribution in [0.3, 0.4) is 0 Å². The molecule has 5 nitrogen and oxygen atoms in total. The number of unbranched alkanes of at least 4 members (excludes halogenated alkanes) is 2. The number of rotatable bonds is 11. The summed E-state index contributed by atoms with van der Waals surface area (Å²) >= 11 is 8.94. The van der Waals surface area contributed by atoms with E-state index in [0.717, 1.165) is 62.8 Å². The van der Waals surface area contributed by atoms with Crippen molar-refractivity contribution in [2.45, 2.75) is 32.1 Å². The van der Waals surface area contributed by atoms with Crippen LogP contribution < -0.4 is 9.47 Å². The van der Waals surface area contributed by atoms with Crippen LogP contribution in [0, 0.1) is 14.3 Å². The standard InChI is InChI=1S/C24H21I4NO4.2ClH/c25-18-9-16(11-22(30)31)10-19(26)24(18)33-17-12-20(27)23(21(28)13-17)32-8-3-1-2-5-15-6-4-7-29-14-15;;/h4,6-7,9-10,12-14H,1-3,5,8,11H2,(H,30,31);2*1H. The second-order valence-electron chi connectivity index (χ2n) is 7.30. The van der Waals surface area contributed by atoms with Gasteiger partial charge in [-0.25, -0.2) is 0 Å². The number of halogens is 6. The summed E-state index contributed by atoms with van der Waals surface area (Å²) < 4.78 is 16.0. The lowest BCUT2D eigenvalue weighted by Crippen LogP contribution is -2.03. The molecule has 0 radical (unpaired) electrons. The molecule has 2 aromatic carbocycles. The van der Waals surface area contributed by atoms with Crippen molar-refractivity contribution in [1.29, 1.82) is 0 Å². The smallest absolute Gasteiger partial charge is 0.307 e. The van der Waals surface area contributed by atoms with Crippen LogP contribution in [0.4, 0.5) is 0 Å². The van der Waals surface area contributed by atoms with Gasteiger partial charge in [0.2, 0.25) is 0 Å². The molecule has 0 aliphatic heterocycles. The molecule has 0 aliphatic rings. The van der Waals surface area contributed by atoms with Crippen LogP contribution in [0.5, 0.6) is 17.2 Å². The molecule has 0 saturated carbocycles.